The van der Waals surface area contributed by atoms with E-state index in [2.05, 4.69) is 36.4 Å². The number of nitrogens with zero attached hydrogens (tertiary/aromatic N) is 1. The van der Waals surface area contributed by atoms with Crippen molar-refractivity contribution in [2.24, 2.45) is 4.99 Å². The van der Waals surface area contributed by atoms with Gasteiger partial charge in [-0.05, 0) is 26.2 Å². The summed E-state index contributed by atoms with van der Waals surface area (Å²) in [6.07, 6.45) is 4.68. The molecule has 0 saturated carbocycles. The van der Waals surface area contributed by atoms with E-state index in [1.807, 2.05) is 6.92 Å². The van der Waals surface area contributed by atoms with Crippen LogP contribution in [0.1, 0.15) is 59.8 Å². The van der Waals surface area contributed by atoms with Gasteiger partial charge in [-0.2, -0.15) is 0 Å². The normalized spacial score (nSPS) is 11.9. The van der Waals surface area contributed by atoms with Crippen molar-refractivity contribution in [3.8, 4) is 0 Å². The molecule has 116 valence electrons. The third kappa shape index (κ3) is 10.4. The van der Waals surface area contributed by atoms with Crippen molar-refractivity contribution < 1.29 is 5.11 Å². The lowest BCUT2D eigenvalue weighted by Crippen LogP contribution is -2.40. The summed E-state index contributed by atoms with van der Waals surface area (Å²) >= 11 is 0. The molecule has 0 radical (unpaired) electrons. The summed E-state index contributed by atoms with van der Waals surface area (Å²) < 4.78 is 0. The number of rotatable bonds is 9. The minimum absolute atomic E-state index is 0. The third-order valence-corrected chi connectivity index (χ3v) is 2.85. The number of guanidine groups is 1. The van der Waals surface area contributed by atoms with Crippen LogP contribution in [0.15, 0.2) is 4.99 Å². The van der Waals surface area contributed by atoms with Crippen LogP contribution in [0.3, 0.4) is 0 Å². The Morgan fingerprint density at radius 3 is 2.00 bits per heavy atom. The quantitative estimate of drug-likeness (QED) is 0.325. The molecule has 0 saturated heterocycles. The molecule has 0 aromatic carbocycles. The Kier molecular flexibility index (Phi) is 14.5. The summed E-state index contributed by atoms with van der Waals surface area (Å²) in [6, 6.07) is 0. The summed E-state index contributed by atoms with van der Waals surface area (Å²) in [6.45, 7) is 10.6. The monoisotopic (exact) mass is 385 g/mol. The first kappa shape index (κ1) is 21.3. The van der Waals surface area contributed by atoms with Crippen molar-refractivity contribution in [3.63, 3.8) is 0 Å². The van der Waals surface area contributed by atoms with Gasteiger partial charge in [-0.25, -0.2) is 0 Å². The minimum atomic E-state index is -0.641. The van der Waals surface area contributed by atoms with Gasteiger partial charge in [0.2, 0.25) is 0 Å². The molecular weight excluding hydrogens is 353 g/mol. The van der Waals surface area contributed by atoms with Crippen LogP contribution in [0, 0.1) is 0 Å². The largest absolute Gasteiger partial charge is 0.388 e. The average Bonchev–Trinajstić information content (AvgIpc) is 2.33. The van der Waals surface area contributed by atoms with Crippen LogP contribution in [0.2, 0.25) is 0 Å². The van der Waals surface area contributed by atoms with Crippen molar-refractivity contribution in [2.45, 2.75) is 65.4 Å². The maximum Gasteiger partial charge on any atom is 0.191 e. The van der Waals surface area contributed by atoms with Crippen LogP contribution in [0.4, 0.5) is 0 Å². The van der Waals surface area contributed by atoms with Gasteiger partial charge in [0, 0.05) is 13.1 Å². The highest BCUT2D eigenvalue weighted by Gasteiger charge is 2.24. The lowest BCUT2D eigenvalue weighted by molar-refractivity contribution is 0.0306. The van der Waals surface area contributed by atoms with E-state index in [0.29, 0.717) is 6.54 Å². The summed E-state index contributed by atoms with van der Waals surface area (Å²) in [7, 11) is 0. The molecule has 0 aliphatic rings. The number of aliphatic hydroxyl groups is 1. The molecule has 5 heteroatoms. The zero-order valence-electron chi connectivity index (χ0n) is 13.0. The lowest BCUT2D eigenvalue weighted by Gasteiger charge is -2.26. The molecule has 0 aromatic rings. The van der Waals surface area contributed by atoms with Gasteiger partial charge >= 0.3 is 0 Å². The van der Waals surface area contributed by atoms with Gasteiger partial charge in [0.25, 0.3) is 0 Å². The second kappa shape index (κ2) is 13.0. The first-order valence-electron chi connectivity index (χ1n) is 7.36. The van der Waals surface area contributed by atoms with E-state index >= 15 is 0 Å². The standard InChI is InChI=1S/C14H31N3O.HI/c1-5-9-14(18,10-6-2)12-17-13(15-8-4)16-11-7-3;/h18H,5-12H2,1-4H3,(H2,15,16,17);1H. The van der Waals surface area contributed by atoms with Gasteiger partial charge in [0.15, 0.2) is 5.96 Å². The number of aliphatic imine (C=N–C) groups is 1. The number of nitrogens with one attached hydrogen (secondary N) is 2. The molecule has 19 heavy (non-hydrogen) atoms. The van der Waals surface area contributed by atoms with Crippen molar-refractivity contribution in [3.05, 3.63) is 0 Å². The molecule has 0 atom stereocenters. The third-order valence-electron chi connectivity index (χ3n) is 2.85. The molecule has 0 unspecified atom stereocenters. The average molecular weight is 385 g/mol. The maximum atomic E-state index is 10.5. The molecule has 0 heterocycles. The summed E-state index contributed by atoms with van der Waals surface area (Å²) in [4.78, 5) is 4.50. The molecule has 0 amide bonds. The molecular formula is C14H32IN3O. The Hall–Kier alpha value is -0.0400. The first-order valence-corrected chi connectivity index (χ1v) is 7.36. The Morgan fingerprint density at radius 1 is 1.00 bits per heavy atom. The van der Waals surface area contributed by atoms with Crippen molar-refractivity contribution in [2.75, 3.05) is 19.6 Å². The van der Waals surface area contributed by atoms with Gasteiger partial charge < -0.3 is 15.7 Å². The first-order chi connectivity index (χ1) is 8.61. The smallest absolute Gasteiger partial charge is 0.191 e. The zero-order chi connectivity index (χ0) is 13.9. The molecule has 0 bridgehead atoms. The highest BCUT2D eigenvalue weighted by atomic mass is 127. The Labute approximate surface area is 135 Å². The van der Waals surface area contributed by atoms with Crippen LogP contribution >= 0.6 is 24.0 Å². The zero-order valence-corrected chi connectivity index (χ0v) is 15.3. The molecule has 0 aromatic heterocycles. The second-order valence-corrected chi connectivity index (χ2v) is 4.85. The summed E-state index contributed by atoms with van der Waals surface area (Å²) in [5.41, 5.74) is -0.641. The van der Waals surface area contributed by atoms with Crippen molar-refractivity contribution in [1.82, 2.24) is 10.6 Å². The van der Waals surface area contributed by atoms with Crippen LogP contribution in [-0.2, 0) is 0 Å². The van der Waals surface area contributed by atoms with Gasteiger partial charge in [0.1, 0.15) is 0 Å². The van der Waals surface area contributed by atoms with E-state index in [-0.39, 0.29) is 24.0 Å². The Morgan fingerprint density at radius 2 is 1.58 bits per heavy atom. The topological polar surface area (TPSA) is 56.7 Å². The van der Waals surface area contributed by atoms with Gasteiger partial charge in [-0.1, -0.05) is 33.6 Å². The SMILES string of the molecule is CCCNC(=NCC(O)(CCC)CCC)NCC.I. The van der Waals surface area contributed by atoms with E-state index < -0.39 is 5.60 Å². The fourth-order valence-electron chi connectivity index (χ4n) is 2.03. The van der Waals surface area contributed by atoms with Crippen LogP contribution in [0.5, 0.6) is 0 Å². The molecule has 0 fully saturated rings. The molecule has 0 rings (SSSR count). The predicted octanol–water partition coefficient (Wildman–Crippen LogP) is 2.90. The van der Waals surface area contributed by atoms with Crippen LogP contribution < -0.4 is 10.6 Å². The molecule has 4 nitrogen and oxygen atoms in total. The second-order valence-electron chi connectivity index (χ2n) is 4.85. The molecule has 0 spiro atoms. The molecule has 3 N–H and O–H groups in total. The minimum Gasteiger partial charge on any atom is -0.388 e. The summed E-state index contributed by atoms with van der Waals surface area (Å²) in [5, 5.41) is 16.9. The predicted molar refractivity (Wildman–Crippen MR) is 94.5 cm³/mol. The van der Waals surface area contributed by atoms with Gasteiger partial charge in [-0.15, -0.1) is 24.0 Å². The van der Waals surface area contributed by atoms with Gasteiger partial charge in [0.05, 0.1) is 12.1 Å². The molecule has 0 aliphatic heterocycles. The van der Waals surface area contributed by atoms with Gasteiger partial charge in [-0.3, -0.25) is 4.99 Å². The van der Waals surface area contributed by atoms with Crippen molar-refractivity contribution in [1.29, 1.82) is 0 Å². The van der Waals surface area contributed by atoms with Crippen LogP contribution in [0.25, 0.3) is 0 Å². The Balaban J connectivity index is 0. The van der Waals surface area contributed by atoms with E-state index in [0.717, 1.165) is 51.2 Å². The maximum absolute atomic E-state index is 10.5. The highest BCUT2D eigenvalue weighted by molar-refractivity contribution is 14.0. The Bertz CT molecular complexity index is 229. The van der Waals surface area contributed by atoms with E-state index in [9.17, 15) is 5.11 Å². The van der Waals surface area contributed by atoms with E-state index in [1.54, 1.807) is 0 Å². The van der Waals surface area contributed by atoms with E-state index in [4.69, 9.17) is 0 Å². The number of hydrogen-bond donors (Lipinski definition) is 3. The van der Waals surface area contributed by atoms with Crippen molar-refractivity contribution >= 4 is 29.9 Å². The summed E-state index contributed by atoms with van der Waals surface area (Å²) in [5.74, 6) is 0.810. The highest BCUT2D eigenvalue weighted by Crippen LogP contribution is 2.19. The number of halogens is 1. The fraction of sp³-hybridized carbons (Fsp3) is 0.929. The van der Waals surface area contributed by atoms with E-state index in [1.165, 1.54) is 0 Å². The fourth-order valence-corrected chi connectivity index (χ4v) is 2.03. The number of hydrogen-bond acceptors (Lipinski definition) is 2. The molecule has 0 aliphatic carbocycles. The lowest BCUT2D eigenvalue weighted by atomic mass is 9.93. The van der Waals surface area contributed by atoms with Crippen LogP contribution in [-0.4, -0.2) is 36.3 Å².